The standard InChI is InChI=1S/C19H20O3/c1-3-21-17-12-10-16(11-13-19(20)22-4-2)18(14-17)15-8-6-5-7-9-15/h5-14H,3-4H2,1-2H3/b13-11+. The topological polar surface area (TPSA) is 35.5 Å². The molecular weight excluding hydrogens is 276 g/mol. The smallest absolute Gasteiger partial charge is 0.330 e. The second-order valence-electron chi connectivity index (χ2n) is 4.63. The van der Waals surface area contributed by atoms with E-state index in [2.05, 4.69) is 0 Å². The van der Waals surface area contributed by atoms with Crippen molar-refractivity contribution in [3.05, 3.63) is 60.2 Å². The van der Waals surface area contributed by atoms with Crippen LogP contribution in [0.2, 0.25) is 0 Å². The van der Waals surface area contributed by atoms with Gasteiger partial charge in [0, 0.05) is 6.08 Å². The summed E-state index contributed by atoms with van der Waals surface area (Å²) in [6.45, 7) is 4.74. The molecule has 0 fully saturated rings. The van der Waals surface area contributed by atoms with Gasteiger partial charge in [-0.25, -0.2) is 4.79 Å². The molecule has 3 nitrogen and oxygen atoms in total. The third kappa shape index (κ3) is 4.22. The largest absolute Gasteiger partial charge is 0.494 e. The van der Waals surface area contributed by atoms with Crippen molar-refractivity contribution in [2.75, 3.05) is 13.2 Å². The molecule has 0 radical (unpaired) electrons. The molecule has 2 aromatic carbocycles. The number of benzene rings is 2. The highest BCUT2D eigenvalue weighted by Gasteiger charge is 2.06. The summed E-state index contributed by atoms with van der Waals surface area (Å²) in [6, 6.07) is 15.9. The van der Waals surface area contributed by atoms with Gasteiger partial charge in [-0.05, 0) is 48.7 Å². The SMILES string of the molecule is CCOC(=O)/C=C/c1ccc(OCC)cc1-c1ccccc1. The maximum atomic E-state index is 11.5. The van der Waals surface area contributed by atoms with Crippen LogP contribution in [0.1, 0.15) is 19.4 Å². The van der Waals surface area contributed by atoms with Gasteiger partial charge in [0.1, 0.15) is 5.75 Å². The maximum absolute atomic E-state index is 11.5. The fourth-order valence-corrected chi connectivity index (χ4v) is 2.15. The zero-order valence-electron chi connectivity index (χ0n) is 12.9. The van der Waals surface area contributed by atoms with Crippen LogP contribution in [-0.2, 0) is 9.53 Å². The molecule has 114 valence electrons. The highest BCUT2D eigenvalue weighted by atomic mass is 16.5. The molecule has 0 aromatic heterocycles. The zero-order valence-corrected chi connectivity index (χ0v) is 12.9. The normalized spacial score (nSPS) is 10.6. The van der Waals surface area contributed by atoms with Gasteiger partial charge in [-0.1, -0.05) is 36.4 Å². The molecule has 0 aliphatic carbocycles. The van der Waals surface area contributed by atoms with E-state index in [4.69, 9.17) is 9.47 Å². The minimum atomic E-state index is -0.338. The van der Waals surface area contributed by atoms with Crippen LogP contribution in [0.15, 0.2) is 54.6 Å². The van der Waals surface area contributed by atoms with Gasteiger partial charge in [0.15, 0.2) is 0 Å². The Balaban J connectivity index is 2.38. The monoisotopic (exact) mass is 296 g/mol. The van der Waals surface area contributed by atoms with Crippen LogP contribution in [0, 0.1) is 0 Å². The molecule has 22 heavy (non-hydrogen) atoms. The minimum Gasteiger partial charge on any atom is -0.494 e. The lowest BCUT2D eigenvalue weighted by atomic mass is 9.99. The average Bonchev–Trinajstić information content (AvgIpc) is 2.55. The fourth-order valence-electron chi connectivity index (χ4n) is 2.15. The summed E-state index contributed by atoms with van der Waals surface area (Å²) in [5.41, 5.74) is 3.04. The Kier molecular flexibility index (Phi) is 5.78. The molecule has 0 N–H and O–H groups in total. The Hall–Kier alpha value is -2.55. The molecule has 0 atom stereocenters. The van der Waals surface area contributed by atoms with E-state index in [1.165, 1.54) is 6.08 Å². The van der Waals surface area contributed by atoms with Gasteiger partial charge in [-0.2, -0.15) is 0 Å². The highest BCUT2D eigenvalue weighted by molar-refractivity contribution is 5.89. The summed E-state index contributed by atoms with van der Waals surface area (Å²) in [6.07, 6.45) is 3.22. The number of ether oxygens (including phenoxy) is 2. The van der Waals surface area contributed by atoms with Crippen molar-refractivity contribution in [2.24, 2.45) is 0 Å². The van der Waals surface area contributed by atoms with E-state index in [1.807, 2.05) is 55.5 Å². The van der Waals surface area contributed by atoms with Gasteiger partial charge < -0.3 is 9.47 Å². The van der Waals surface area contributed by atoms with Crippen molar-refractivity contribution in [3.8, 4) is 16.9 Å². The number of hydrogen-bond donors (Lipinski definition) is 0. The summed E-state index contributed by atoms with van der Waals surface area (Å²) in [5.74, 6) is 0.477. The zero-order chi connectivity index (χ0) is 15.8. The average molecular weight is 296 g/mol. The van der Waals surface area contributed by atoms with Gasteiger partial charge in [-0.15, -0.1) is 0 Å². The fraction of sp³-hybridized carbons (Fsp3) is 0.211. The van der Waals surface area contributed by atoms with Crippen molar-refractivity contribution >= 4 is 12.0 Å². The van der Waals surface area contributed by atoms with E-state index >= 15 is 0 Å². The molecule has 0 heterocycles. The Morgan fingerprint density at radius 3 is 2.50 bits per heavy atom. The molecule has 0 amide bonds. The van der Waals surface area contributed by atoms with Crippen molar-refractivity contribution in [1.82, 2.24) is 0 Å². The van der Waals surface area contributed by atoms with E-state index in [0.29, 0.717) is 13.2 Å². The number of carbonyl (C=O) groups excluding carboxylic acids is 1. The molecule has 0 bridgehead atoms. The van der Waals surface area contributed by atoms with Crippen LogP contribution in [-0.4, -0.2) is 19.2 Å². The molecular formula is C19H20O3. The number of carbonyl (C=O) groups is 1. The van der Waals surface area contributed by atoms with Crippen molar-refractivity contribution < 1.29 is 14.3 Å². The molecule has 0 saturated carbocycles. The number of rotatable bonds is 6. The van der Waals surface area contributed by atoms with Crippen LogP contribution in [0.4, 0.5) is 0 Å². The first-order valence-corrected chi connectivity index (χ1v) is 7.41. The van der Waals surface area contributed by atoms with E-state index in [0.717, 1.165) is 22.4 Å². The second kappa shape index (κ2) is 8.03. The molecule has 0 unspecified atom stereocenters. The molecule has 0 aliphatic heterocycles. The number of esters is 1. The summed E-state index contributed by atoms with van der Waals surface area (Å²) < 4.78 is 10.5. The van der Waals surface area contributed by atoms with Gasteiger partial charge in [0.05, 0.1) is 13.2 Å². The van der Waals surface area contributed by atoms with Gasteiger partial charge in [0.25, 0.3) is 0 Å². The van der Waals surface area contributed by atoms with E-state index in [9.17, 15) is 4.79 Å². The first-order valence-electron chi connectivity index (χ1n) is 7.41. The summed E-state index contributed by atoms with van der Waals surface area (Å²) in [4.78, 5) is 11.5. The van der Waals surface area contributed by atoms with E-state index in [1.54, 1.807) is 13.0 Å². The van der Waals surface area contributed by atoms with Crippen molar-refractivity contribution in [1.29, 1.82) is 0 Å². The van der Waals surface area contributed by atoms with Gasteiger partial charge in [0.2, 0.25) is 0 Å². The minimum absolute atomic E-state index is 0.338. The number of hydrogen-bond acceptors (Lipinski definition) is 3. The van der Waals surface area contributed by atoms with Crippen LogP contribution in [0.3, 0.4) is 0 Å². The summed E-state index contributed by atoms with van der Waals surface area (Å²) in [7, 11) is 0. The van der Waals surface area contributed by atoms with Crippen LogP contribution >= 0.6 is 0 Å². The van der Waals surface area contributed by atoms with Crippen molar-refractivity contribution in [3.63, 3.8) is 0 Å². The second-order valence-corrected chi connectivity index (χ2v) is 4.63. The van der Waals surface area contributed by atoms with E-state index in [-0.39, 0.29) is 5.97 Å². The molecule has 0 saturated heterocycles. The quantitative estimate of drug-likeness (QED) is 0.588. The van der Waals surface area contributed by atoms with Crippen LogP contribution < -0.4 is 4.74 Å². The lowest BCUT2D eigenvalue weighted by Gasteiger charge is -2.10. The predicted octanol–water partition coefficient (Wildman–Crippen LogP) is 4.33. The van der Waals surface area contributed by atoms with Crippen LogP contribution in [0.25, 0.3) is 17.2 Å². The van der Waals surface area contributed by atoms with Gasteiger partial charge in [-0.3, -0.25) is 0 Å². The lowest BCUT2D eigenvalue weighted by Crippen LogP contribution is -1.99. The Morgan fingerprint density at radius 2 is 1.82 bits per heavy atom. The van der Waals surface area contributed by atoms with Crippen LogP contribution in [0.5, 0.6) is 5.75 Å². The third-order valence-electron chi connectivity index (χ3n) is 3.11. The Labute approximate surface area is 131 Å². The molecule has 3 heteroatoms. The maximum Gasteiger partial charge on any atom is 0.330 e. The summed E-state index contributed by atoms with van der Waals surface area (Å²) in [5, 5.41) is 0. The predicted molar refractivity (Wildman–Crippen MR) is 88.7 cm³/mol. The molecule has 0 spiro atoms. The highest BCUT2D eigenvalue weighted by Crippen LogP contribution is 2.29. The first kappa shape index (κ1) is 15.8. The molecule has 0 aliphatic rings. The first-order chi connectivity index (χ1) is 10.7. The molecule has 2 aromatic rings. The van der Waals surface area contributed by atoms with E-state index < -0.39 is 0 Å². The van der Waals surface area contributed by atoms with Crippen molar-refractivity contribution in [2.45, 2.75) is 13.8 Å². The molecule has 2 rings (SSSR count). The Bertz CT molecular complexity index is 645. The Morgan fingerprint density at radius 1 is 1.05 bits per heavy atom. The summed E-state index contributed by atoms with van der Waals surface area (Å²) >= 11 is 0. The third-order valence-corrected chi connectivity index (χ3v) is 3.11. The van der Waals surface area contributed by atoms with Gasteiger partial charge >= 0.3 is 5.97 Å². The lowest BCUT2D eigenvalue weighted by molar-refractivity contribution is -0.137.